The van der Waals surface area contributed by atoms with Crippen molar-refractivity contribution in [2.75, 3.05) is 53.0 Å². The third kappa shape index (κ3) is 5.72. The Bertz CT molecular complexity index is 1050. The summed E-state index contributed by atoms with van der Waals surface area (Å²) in [5, 5.41) is 9.90. The summed E-state index contributed by atoms with van der Waals surface area (Å²) < 4.78 is 11.5. The van der Waals surface area contributed by atoms with Crippen molar-refractivity contribution in [2.24, 2.45) is 4.99 Å². The van der Waals surface area contributed by atoms with Gasteiger partial charge in [-0.15, -0.1) is 0 Å². The summed E-state index contributed by atoms with van der Waals surface area (Å²) in [6.07, 6.45) is -0.0568. The molecular weight excluding hydrogens is 468 g/mol. The maximum atomic E-state index is 14.0. The molecule has 0 bridgehead atoms. The average Bonchev–Trinajstić information content (AvgIpc) is 3.29. The van der Waals surface area contributed by atoms with Gasteiger partial charge in [0.1, 0.15) is 17.3 Å². The standard InChI is InChI=1S/C26H33ClN4O4/c1-18(2)35-24-16-21(34-3)8-9-22(24)25-28-17-23(19-4-6-20(27)7-5-19)31(25)26(33)30-12-10-29(11-13-30)14-15-32/h4-9,16,18,23,32H,10-15,17H2,1-3H3/t23-/m1/s1. The third-order valence-corrected chi connectivity index (χ3v) is 6.52. The number of hydrogen-bond acceptors (Lipinski definition) is 6. The molecule has 2 aliphatic heterocycles. The first kappa shape index (κ1) is 25.3. The molecule has 1 saturated heterocycles. The van der Waals surface area contributed by atoms with Gasteiger partial charge in [-0.05, 0) is 43.7 Å². The highest BCUT2D eigenvalue weighted by Crippen LogP contribution is 2.35. The number of piperazine rings is 1. The molecule has 2 aromatic rings. The van der Waals surface area contributed by atoms with Crippen LogP contribution in [0.3, 0.4) is 0 Å². The van der Waals surface area contributed by atoms with E-state index in [4.69, 9.17) is 26.1 Å². The molecule has 0 aliphatic carbocycles. The van der Waals surface area contributed by atoms with Crippen LogP contribution in [0.2, 0.25) is 5.02 Å². The molecule has 1 N–H and O–H groups in total. The maximum Gasteiger partial charge on any atom is 0.326 e. The second-order valence-corrected chi connectivity index (χ2v) is 9.40. The number of aliphatic hydroxyl groups is 1. The molecule has 2 aromatic carbocycles. The third-order valence-electron chi connectivity index (χ3n) is 6.27. The fourth-order valence-electron chi connectivity index (χ4n) is 4.48. The molecule has 0 saturated carbocycles. The Balaban J connectivity index is 1.68. The molecule has 2 heterocycles. The van der Waals surface area contributed by atoms with Gasteiger partial charge in [-0.25, -0.2) is 4.79 Å². The number of β-amino-alcohol motifs (C(OH)–C–C–N with tert-alkyl or cyclic N) is 1. The molecular formula is C26H33ClN4O4. The molecule has 0 unspecified atom stereocenters. The molecule has 188 valence electrons. The molecule has 2 aliphatic rings. The van der Waals surface area contributed by atoms with E-state index in [-0.39, 0.29) is 24.8 Å². The summed E-state index contributed by atoms with van der Waals surface area (Å²) in [5.41, 5.74) is 1.73. The van der Waals surface area contributed by atoms with Crippen LogP contribution in [-0.2, 0) is 0 Å². The summed E-state index contributed by atoms with van der Waals surface area (Å²) in [6, 6.07) is 12.8. The number of benzene rings is 2. The number of amidine groups is 1. The van der Waals surface area contributed by atoms with Gasteiger partial charge < -0.3 is 19.5 Å². The first-order chi connectivity index (χ1) is 16.9. The number of carbonyl (C=O) groups is 1. The first-order valence-electron chi connectivity index (χ1n) is 12.0. The number of methoxy groups -OCH3 is 1. The second-order valence-electron chi connectivity index (χ2n) is 8.97. The lowest BCUT2D eigenvalue weighted by molar-refractivity contribution is 0.109. The number of halogens is 1. The van der Waals surface area contributed by atoms with E-state index in [0.717, 1.165) is 24.2 Å². The van der Waals surface area contributed by atoms with Gasteiger partial charge in [-0.2, -0.15) is 0 Å². The molecule has 0 spiro atoms. The van der Waals surface area contributed by atoms with E-state index in [1.807, 2.05) is 61.2 Å². The van der Waals surface area contributed by atoms with Gasteiger partial charge in [0.15, 0.2) is 0 Å². The van der Waals surface area contributed by atoms with Gasteiger partial charge in [0.2, 0.25) is 0 Å². The maximum absolute atomic E-state index is 14.0. The van der Waals surface area contributed by atoms with Crippen molar-refractivity contribution >= 4 is 23.5 Å². The van der Waals surface area contributed by atoms with Crippen LogP contribution < -0.4 is 9.47 Å². The number of amides is 2. The SMILES string of the molecule is COc1ccc(C2=NC[C@H](c3ccc(Cl)cc3)N2C(=O)N2CCN(CCO)CC2)c(OC(C)C)c1. The number of rotatable bonds is 7. The monoisotopic (exact) mass is 500 g/mol. The van der Waals surface area contributed by atoms with E-state index in [1.165, 1.54) is 0 Å². The summed E-state index contributed by atoms with van der Waals surface area (Å²) in [6.45, 7) is 7.74. The topological polar surface area (TPSA) is 77.8 Å². The summed E-state index contributed by atoms with van der Waals surface area (Å²) in [7, 11) is 1.62. The number of ether oxygens (including phenoxy) is 2. The minimum absolute atomic E-state index is 0.0568. The van der Waals surface area contributed by atoms with Crippen molar-refractivity contribution in [2.45, 2.75) is 26.0 Å². The lowest BCUT2D eigenvalue weighted by Crippen LogP contribution is -2.54. The van der Waals surface area contributed by atoms with Crippen LogP contribution in [0.4, 0.5) is 4.79 Å². The minimum atomic E-state index is -0.251. The van der Waals surface area contributed by atoms with Gasteiger partial charge in [0, 0.05) is 43.8 Å². The molecule has 0 radical (unpaired) electrons. The van der Waals surface area contributed by atoms with E-state index in [1.54, 1.807) is 12.0 Å². The van der Waals surface area contributed by atoms with Crippen molar-refractivity contribution in [3.63, 3.8) is 0 Å². The number of carbonyl (C=O) groups excluding carboxylic acids is 1. The Hall–Kier alpha value is -2.81. The zero-order valence-corrected chi connectivity index (χ0v) is 21.2. The number of aliphatic imine (C=N–C) groups is 1. The van der Waals surface area contributed by atoms with E-state index in [2.05, 4.69) is 4.90 Å². The average molecular weight is 501 g/mol. The van der Waals surface area contributed by atoms with Gasteiger partial charge in [0.05, 0.1) is 38.0 Å². The van der Waals surface area contributed by atoms with E-state index < -0.39 is 0 Å². The van der Waals surface area contributed by atoms with Gasteiger partial charge in [-0.1, -0.05) is 23.7 Å². The van der Waals surface area contributed by atoms with E-state index in [0.29, 0.717) is 48.5 Å². The fraction of sp³-hybridized carbons (Fsp3) is 0.462. The second kappa shape index (κ2) is 11.3. The lowest BCUT2D eigenvalue weighted by atomic mass is 10.1. The van der Waals surface area contributed by atoms with Crippen LogP contribution in [0.1, 0.15) is 31.0 Å². The van der Waals surface area contributed by atoms with E-state index >= 15 is 0 Å². The highest BCUT2D eigenvalue weighted by molar-refractivity contribution is 6.30. The van der Waals surface area contributed by atoms with Crippen LogP contribution in [0.15, 0.2) is 47.5 Å². The summed E-state index contributed by atoms with van der Waals surface area (Å²) >= 11 is 6.13. The van der Waals surface area contributed by atoms with Crippen molar-refractivity contribution < 1.29 is 19.4 Å². The van der Waals surface area contributed by atoms with E-state index in [9.17, 15) is 9.90 Å². The Morgan fingerprint density at radius 2 is 1.86 bits per heavy atom. The van der Waals surface area contributed by atoms with Crippen LogP contribution in [-0.4, -0.2) is 90.8 Å². The molecule has 1 fully saturated rings. The number of nitrogens with zero attached hydrogens (tertiary/aromatic N) is 4. The number of urea groups is 1. The molecule has 8 nitrogen and oxygen atoms in total. The summed E-state index contributed by atoms with van der Waals surface area (Å²) in [4.78, 5) is 24.6. The normalized spacial score (nSPS) is 18.7. The van der Waals surface area contributed by atoms with Crippen LogP contribution >= 0.6 is 11.6 Å². The highest BCUT2D eigenvalue weighted by atomic mass is 35.5. The van der Waals surface area contributed by atoms with Crippen LogP contribution in [0.5, 0.6) is 11.5 Å². The van der Waals surface area contributed by atoms with Crippen molar-refractivity contribution in [1.29, 1.82) is 0 Å². The predicted molar refractivity (Wildman–Crippen MR) is 137 cm³/mol. The number of aliphatic hydroxyl groups excluding tert-OH is 1. The van der Waals surface area contributed by atoms with Crippen molar-refractivity contribution in [1.82, 2.24) is 14.7 Å². The Labute approximate surface area is 211 Å². The molecule has 35 heavy (non-hydrogen) atoms. The van der Waals surface area contributed by atoms with Crippen molar-refractivity contribution in [3.05, 3.63) is 58.6 Å². The quantitative estimate of drug-likeness (QED) is 0.627. The fourth-order valence-corrected chi connectivity index (χ4v) is 4.60. The summed E-state index contributed by atoms with van der Waals surface area (Å²) in [5.74, 6) is 1.89. The van der Waals surface area contributed by atoms with Gasteiger partial charge in [-0.3, -0.25) is 14.8 Å². The first-order valence-corrected chi connectivity index (χ1v) is 12.4. The molecule has 2 amide bonds. The molecule has 0 aromatic heterocycles. The zero-order chi connectivity index (χ0) is 24.9. The minimum Gasteiger partial charge on any atom is -0.497 e. The predicted octanol–water partition coefficient (Wildman–Crippen LogP) is 3.67. The Morgan fingerprint density at radius 3 is 2.49 bits per heavy atom. The van der Waals surface area contributed by atoms with Gasteiger partial charge >= 0.3 is 6.03 Å². The molecule has 1 atom stereocenters. The Morgan fingerprint density at radius 1 is 1.14 bits per heavy atom. The number of hydrogen-bond donors (Lipinski definition) is 1. The highest BCUT2D eigenvalue weighted by Gasteiger charge is 2.39. The smallest absolute Gasteiger partial charge is 0.326 e. The lowest BCUT2D eigenvalue weighted by Gasteiger charge is -2.38. The van der Waals surface area contributed by atoms with Crippen LogP contribution in [0.25, 0.3) is 0 Å². The largest absolute Gasteiger partial charge is 0.497 e. The van der Waals surface area contributed by atoms with Crippen LogP contribution in [0, 0.1) is 0 Å². The Kier molecular flexibility index (Phi) is 8.15. The zero-order valence-electron chi connectivity index (χ0n) is 20.5. The van der Waals surface area contributed by atoms with Gasteiger partial charge in [0.25, 0.3) is 0 Å². The molecule has 4 rings (SSSR count). The van der Waals surface area contributed by atoms with Crippen molar-refractivity contribution in [3.8, 4) is 11.5 Å². The molecule has 9 heteroatoms.